The number of likely N-dealkylation sites (tertiary alicyclic amines) is 1. The summed E-state index contributed by atoms with van der Waals surface area (Å²) in [4.78, 5) is 2.43. The SMILES string of the molecule is CCCCCCCCCCCCC(C#N)(CCN1CCC(C(O)c2ccc(F)cc2)CC1)c1ccc(OC)c(OC)c1. The first-order chi connectivity index (χ1) is 20.5. The van der Waals surface area contributed by atoms with E-state index in [4.69, 9.17) is 9.47 Å². The fourth-order valence-corrected chi connectivity index (χ4v) is 6.41. The highest BCUT2D eigenvalue weighted by Crippen LogP contribution is 2.39. The van der Waals surface area contributed by atoms with Gasteiger partial charge >= 0.3 is 0 Å². The van der Waals surface area contributed by atoms with Gasteiger partial charge in [-0.1, -0.05) is 89.3 Å². The van der Waals surface area contributed by atoms with Crippen molar-refractivity contribution in [2.45, 2.75) is 108 Å². The second kappa shape index (κ2) is 18.1. The molecule has 42 heavy (non-hydrogen) atoms. The molecule has 3 rings (SSSR count). The van der Waals surface area contributed by atoms with Crippen molar-refractivity contribution in [1.29, 1.82) is 5.26 Å². The molecule has 1 saturated heterocycles. The van der Waals surface area contributed by atoms with Crippen molar-refractivity contribution in [3.63, 3.8) is 0 Å². The highest BCUT2D eigenvalue weighted by atomic mass is 19.1. The van der Waals surface area contributed by atoms with Crippen LogP contribution < -0.4 is 9.47 Å². The molecule has 5 nitrogen and oxygen atoms in total. The Balaban J connectivity index is 1.58. The summed E-state index contributed by atoms with van der Waals surface area (Å²) < 4.78 is 24.4. The summed E-state index contributed by atoms with van der Waals surface area (Å²) in [7, 11) is 3.28. The van der Waals surface area contributed by atoms with Gasteiger partial charge < -0.3 is 19.5 Å². The first kappa shape index (κ1) is 33.9. The molecule has 2 aromatic carbocycles. The zero-order chi connectivity index (χ0) is 30.2. The first-order valence-electron chi connectivity index (χ1n) is 16.3. The maximum absolute atomic E-state index is 13.3. The maximum Gasteiger partial charge on any atom is 0.161 e. The molecule has 2 unspecified atom stereocenters. The molecule has 2 atom stereocenters. The van der Waals surface area contributed by atoms with Gasteiger partial charge in [0.1, 0.15) is 5.82 Å². The molecule has 1 heterocycles. The van der Waals surface area contributed by atoms with Gasteiger partial charge in [0.25, 0.3) is 0 Å². The van der Waals surface area contributed by atoms with Gasteiger partial charge in [0.2, 0.25) is 0 Å². The van der Waals surface area contributed by atoms with Gasteiger partial charge in [0.15, 0.2) is 11.5 Å². The van der Waals surface area contributed by atoms with Crippen molar-refractivity contribution in [3.05, 3.63) is 59.4 Å². The molecule has 0 bridgehead atoms. The number of ether oxygens (including phenoxy) is 2. The number of halogens is 1. The van der Waals surface area contributed by atoms with Crippen LogP contribution in [-0.2, 0) is 5.41 Å². The number of hydrogen-bond donors (Lipinski definition) is 1. The molecule has 0 amide bonds. The van der Waals surface area contributed by atoms with Crippen molar-refractivity contribution in [3.8, 4) is 17.6 Å². The molecule has 1 fully saturated rings. The normalized spacial score (nSPS) is 16.5. The number of aliphatic hydroxyl groups excluding tert-OH is 1. The summed E-state index contributed by atoms with van der Waals surface area (Å²) in [5.41, 5.74) is 1.19. The van der Waals surface area contributed by atoms with E-state index in [-0.39, 0.29) is 11.7 Å². The summed E-state index contributed by atoms with van der Waals surface area (Å²) in [5.74, 6) is 1.21. The predicted octanol–water partition coefficient (Wildman–Crippen LogP) is 8.75. The van der Waals surface area contributed by atoms with Crippen LogP contribution in [-0.4, -0.2) is 43.9 Å². The second-order valence-corrected chi connectivity index (χ2v) is 12.1. The van der Waals surface area contributed by atoms with E-state index in [1.807, 2.05) is 18.2 Å². The number of piperidine rings is 1. The number of nitriles is 1. The molecule has 1 aliphatic heterocycles. The zero-order valence-corrected chi connectivity index (χ0v) is 26.3. The van der Waals surface area contributed by atoms with E-state index < -0.39 is 11.5 Å². The molecule has 0 aromatic heterocycles. The van der Waals surface area contributed by atoms with Crippen LogP contribution in [0, 0.1) is 23.1 Å². The number of nitrogens with zero attached hydrogens (tertiary/aromatic N) is 2. The van der Waals surface area contributed by atoms with Gasteiger partial charge in [-0.05, 0) is 86.6 Å². The van der Waals surface area contributed by atoms with Crippen molar-refractivity contribution in [2.24, 2.45) is 5.92 Å². The fourth-order valence-electron chi connectivity index (χ4n) is 6.41. The van der Waals surface area contributed by atoms with Crippen LogP contribution in [0.1, 0.15) is 114 Å². The summed E-state index contributed by atoms with van der Waals surface area (Å²) in [5, 5.41) is 21.5. The van der Waals surface area contributed by atoms with E-state index in [1.54, 1.807) is 26.4 Å². The Morgan fingerprint density at radius 1 is 0.881 bits per heavy atom. The predicted molar refractivity (Wildman–Crippen MR) is 168 cm³/mol. The van der Waals surface area contributed by atoms with E-state index in [0.29, 0.717) is 11.5 Å². The number of methoxy groups -OCH3 is 2. The molecule has 0 spiro atoms. The highest BCUT2D eigenvalue weighted by molar-refractivity contribution is 5.47. The molecule has 1 aliphatic rings. The smallest absolute Gasteiger partial charge is 0.161 e. The van der Waals surface area contributed by atoms with Gasteiger partial charge in [-0.2, -0.15) is 5.26 Å². The fraction of sp³-hybridized carbons (Fsp3) is 0.639. The van der Waals surface area contributed by atoms with Crippen molar-refractivity contribution in [2.75, 3.05) is 33.9 Å². The van der Waals surface area contributed by atoms with Crippen LogP contribution in [0.3, 0.4) is 0 Å². The van der Waals surface area contributed by atoms with Crippen LogP contribution in [0.4, 0.5) is 4.39 Å². The lowest BCUT2D eigenvalue weighted by Gasteiger charge is -2.36. The molecular weight excluding hydrogens is 527 g/mol. The minimum absolute atomic E-state index is 0.157. The monoisotopic (exact) mass is 580 g/mol. The Kier molecular flexibility index (Phi) is 14.6. The molecule has 232 valence electrons. The topological polar surface area (TPSA) is 65.7 Å². The Morgan fingerprint density at radius 2 is 1.48 bits per heavy atom. The molecule has 1 N–H and O–H groups in total. The van der Waals surface area contributed by atoms with Gasteiger partial charge in [-0.15, -0.1) is 0 Å². The molecular formula is C36H53FN2O3. The van der Waals surface area contributed by atoms with E-state index in [2.05, 4.69) is 17.9 Å². The summed E-state index contributed by atoms with van der Waals surface area (Å²) in [6, 6.07) is 14.9. The van der Waals surface area contributed by atoms with Crippen LogP contribution in [0.2, 0.25) is 0 Å². The Morgan fingerprint density at radius 3 is 2.05 bits per heavy atom. The summed E-state index contributed by atoms with van der Waals surface area (Å²) >= 11 is 0. The van der Waals surface area contributed by atoms with Crippen LogP contribution in [0.5, 0.6) is 11.5 Å². The van der Waals surface area contributed by atoms with E-state index >= 15 is 0 Å². The van der Waals surface area contributed by atoms with Gasteiger partial charge in [0, 0.05) is 0 Å². The minimum atomic E-state index is -0.593. The average molecular weight is 581 g/mol. The Labute approximate surface area is 254 Å². The van der Waals surface area contributed by atoms with Crippen LogP contribution in [0.15, 0.2) is 42.5 Å². The molecule has 0 aliphatic carbocycles. The van der Waals surface area contributed by atoms with E-state index in [0.717, 1.165) is 69.3 Å². The quantitative estimate of drug-likeness (QED) is 0.168. The summed E-state index contributed by atoms with van der Waals surface area (Å²) in [6.07, 6.45) is 15.5. The zero-order valence-electron chi connectivity index (χ0n) is 26.3. The number of unbranched alkanes of at least 4 members (excludes halogenated alkanes) is 9. The third-order valence-electron chi connectivity index (χ3n) is 9.25. The molecule has 2 aromatic rings. The van der Waals surface area contributed by atoms with Crippen LogP contribution in [0.25, 0.3) is 0 Å². The van der Waals surface area contributed by atoms with Crippen molar-refractivity contribution >= 4 is 0 Å². The van der Waals surface area contributed by atoms with Gasteiger partial charge in [-0.3, -0.25) is 0 Å². The molecule has 0 radical (unpaired) electrons. The third-order valence-corrected chi connectivity index (χ3v) is 9.25. The third kappa shape index (κ3) is 9.99. The Hall–Kier alpha value is -2.62. The van der Waals surface area contributed by atoms with E-state index in [9.17, 15) is 14.8 Å². The second-order valence-electron chi connectivity index (χ2n) is 12.1. The van der Waals surface area contributed by atoms with Gasteiger partial charge in [0.05, 0.1) is 31.8 Å². The van der Waals surface area contributed by atoms with Gasteiger partial charge in [-0.25, -0.2) is 4.39 Å². The molecule has 6 heteroatoms. The lowest BCUT2D eigenvalue weighted by Crippen LogP contribution is -2.39. The van der Waals surface area contributed by atoms with Crippen molar-refractivity contribution in [1.82, 2.24) is 4.90 Å². The number of aliphatic hydroxyl groups is 1. The maximum atomic E-state index is 13.3. The lowest BCUT2D eigenvalue weighted by atomic mass is 9.74. The highest BCUT2D eigenvalue weighted by Gasteiger charge is 2.34. The standard InChI is InChI=1S/C36H53FN2O3/c1-4-5-6-7-8-9-10-11-12-13-22-36(28-38,31-16-19-33(41-2)34(27-31)42-3)23-26-39-24-20-30(21-25-39)35(40)29-14-17-32(37)18-15-29/h14-19,27,30,35,40H,4-13,20-26H2,1-3H3. The van der Waals surface area contributed by atoms with E-state index in [1.165, 1.54) is 63.5 Å². The first-order valence-corrected chi connectivity index (χ1v) is 16.3. The number of rotatable bonds is 19. The number of benzene rings is 2. The van der Waals surface area contributed by atoms with Crippen LogP contribution >= 0.6 is 0 Å². The average Bonchev–Trinajstić information content (AvgIpc) is 3.03. The summed E-state index contributed by atoms with van der Waals surface area (Å²) in [6.45, 7) is 4.86. The largest absolute Gasteiger partial charge is 0.493 e. The number of hydrogen-bond acceptors (Lipinski definition) is 5. The lowest BCUT2D eigenvalue weighted by molar-refractivity contribution is 0.0571. The molecule has 0 saturated carbocycles. The Bertz CT molecular complexity index is 1080. The minimum Gasteiger partial charge on any atom is -0.493 e. The van der Waals surface area contributed by atoms with Crippen molar-refractivity contribution < 1.29 is 19.0 Å².